The van der Waals surface area contributed by atoms with Crippen molar-refractivity contribution in [3.8, 4) is 0 Å². The van der Waals surface area contributed by atoms with Crippen molar-refractivity contribution in [3.63, 3.8) is 0 Å². The summed E-state index contributed by atoms with van der Waals surface area (Å²) in [5.41, 5.74) is 1.21. The molecular weight excluding hydrogens is 272 g/mol. The van der Waals surface area contributed by atoms with Crippen molar-refractivity contribution in [3.05, 3.63) is 34.9 Å². The molecule has 1 atom stereocenters. The molecule has 0 saturated heterocycles. The molecule has 1 aromatic carbocycles. The van der Waals surface area contributed by atoms with Crippen LogP contribution in [0.1, 0.15) is 5.56 Å². The van der Waals surface area contributed by atoms with Gasteiger partial charge in [-0.15, -0.1) is 0 Å². The molecule has 102 valence electrons. The summed E-state index contributed by atoms with van der Waals surface area (Å²) < 4.78 is 10.1. The summed E-state index contributed by atoms with van der Waals surface area (Å²) in [6, 6.07) is 7.75. The lowest BCUT2D eigenvalue weighted by Crippen LogP contribution is -2.19. The number of aliphatic hydroxyl groups is 1. The Bertz CT molecular complexity index is 319. The molecule has 0 saturated carbocycles. The van der Waals surface area contributed by atoms with Gasteiger partial charge in [-0.1, -0.05) is 23.7 Å². The summed E-state index contributed by atoms with van der Waals surface area (Å²) in [4.78, 5) is 0. The topological polar surface area (TPSA) is 38.7 Å². The van der Waals surface area contributed by atoms with E-state index in [1.807, 2.05) is 24.3 Å². The molecule has 0 aliphatic heterocycles. The van der Waals surface area contributed by atoms with Crippen LogP contribution in [0.2, 0.25) is 5.02 Å². The predicted octanol–water partition coefficient (Wildman–Crippen LogP) is 2.60. The van der Waals surface area contributed by atoms with Gasteiger partial charge in [0.25, 0.3) is 0 Å². The highest BCUT2D eigenvalue weighted by Crippen LogP contribution is 2.16. The Hall–Kier alpha value is -0.260. The number of aliphatic hydroxyl groups excluding tert-OH is 1. The zero-order valence-corrected chi connectivity index (χ0v) is 12.0. The first-order chi connectivity index (χ1) is 8.72. The van der Waals surface area contributed by atoms with Crippen molar-refractivity contribution in [1.29, 1.82) is 0 Å². The largest absolute Gasteiger partial charge is 0.390 e. The number of thioether (sulfide) groups is 1. The second kappa shape index (κ2) is 9.64. The molecule has 5 heteroatoms. The number of methoxy groups -OCH3 is 1. The van der Waals surface area contributed by atoms with Crippen LogP contribution in [0.4, 0.5) is 0 Å². The van der Waals surface area contributed by atoms with Gasteiger partial charge in [0.05, 0.1) is 25.9 Å². The molecular formula is C13H19ClO3S. The molecule has 0 aliphatic rings. The fourth-order valence-corrected chi connectivity index (χ4v) is 2.34. The Balaban J connectivity index is 2.07. The van der Waals surface area contributed by atoms with E-state index in [1.54, 1.807) is 18.9 Å². The Morgan fingerprint density at radius 2 is 2.00 bits per heavy atom. The molecule has 3 nitrogen and oxygen atoms in total. The van der Waals surface area contributed by atoms with Gasteiger partial charge in [0, 0.05) is 23.6 Å². The summed E-state index contributed by atoms with van der Waals surface area (Å²) in [5, 5.41) is 10.4. The average molecular weight is 291 g/mol. The van der Waals surface area contributed by atoms with E-state index in [9.17, 15) is 5.11 Å². The summed E-state index contributed by atoms with van der Waals surface area (Å²) in [6.07, 6.45) is -0.431. The molecule has 18 heavy (non-hydrogen) atoms. The predicted molar refractivity (Wildman–Crippen MR) is 76.3 cm³/mol. The number of ether oxygens (including phenoxy) is 2. The van der Waals surface area contributed by atoms with Crippen LogP contribution >= 0.6 is 23.4 Å². The lowest BCUT2D eigenvalue weighted by molar-refractivity contribution is 0.0218. The van der Waals surface area contributed by atoms with Crippen molar-refractivity contribution in [2.45, 2.75) is 11.9 Å². The van der Waals surface area contributed by atoms with Crippen molar-refractivity contribution < 1.29 is 14.6 Å². The third-order valence-corrected chi connectivity index (χ3v) is 3.64. The van der Waals surface area contributed by atoms with Gasteiger partial charge in [-0.25, -0.2) is 0 Å². The van der Waals surface area contributed by atoms with Crippen molar-refractivity contribution in [1.82, 2.24) is 0 Å². The van der Waals surface area contributed by atoms with Crippen molar-refractivity contribution in [2.75, 3.05) is 32.7 Å². The van der Waals surface area contributed by atoms with E-state index in [1.165, 1.54) is 5.56 Å². The monoisotopic (exact) mass is 290 g/mol. The van der Waals surface area contributed by atoms with Gasteiger partial charge in [0.1, 0.15) is 0 Å². The van der Waals surface area contributed by atoms with Crippen LogP contribution in [0.5, 0.6) is 0 Å². The number of rotatable bonds is 9. The zero-order valence-electron chi connectivity index (χ0n) is 10.5. The van der Waals surface area contributed by atoms with E-state index in [4.69, 9.17) is 21.1 Å². The fraction of sp³-hybridized carbons (Fsp3) is 0.538. The molecule has 1 rings (SSSR count). The van der Waals surface area contributed by atoms with Crippen LogP contribution in [-0.2, 0) is 15.2 Å². The molecule has 0 radical (unpaired) electrons. The van der Waals surface area contributed by atoms with Gasteiger partial charge >= 0.3 is 0 Å². The van der Waals surface area contributed by atoms with Gasteiger partial charge in [-0.3, -0.25) is 0 Å². The smallest absolute Gasteiger partial charge is 0.0863 e. The average Bonchev–Trinajstić information content (AvgIpc) is 2.37. The van der Waals surface area contributed by atoms with Crippen LogP contribution < -0.4 is 0 Å². The van der Waals surface area contributed by atoms with Crippen LogP contribution in [0.3, 0.4) is 0 Å². The van der Waals surface area contributed by atoms with Crippen LogP contribution in [0.15, 0.2) is 24.3 Å². The second-order valence-corrected chi connectivity index (χ2v) is 5.33. The number of hydrogen-bond acceptors (Lipinski definition) is 4. The summed E-state index contributed by atoms with van der Waals surface area (Å²) in [7, 11) is 1.63. The summed E-state index contributed by atoms with van der Waals surface area (Å²) in [5.74, 6) is 1.53. The molecule has 0 bridgehead atoms. The molecule has 0 spiro atoms. The van der Waals surface area contributed by atoms with E-state index in [-0.39, 0.29) is 0 Å². The normalized spacial score (nSPS) is 12.6. The Morgan fingerprint density at radius 3 is 2.67 bits per heavy atom. The Labute approximate surface area is 117 Å². The van der Waals surface area contributed by atoms with Gasteiger partial charge in [0.2, 0.25) is 0 Å². The highest BCUT2D eigenvalue weighted by atomic mass is 35.5. The third-order valence-electron chi connectivity index (χ3n) is 2.23. The third kappa shape index (κ3) is 7.24. The first-order valence-corrected chi connectivity index (χ1v) is 7.32. The number of hydrogen-bond donors (Lipinski definition) is 1. The number of benzene rings is 1. The SMILES string of the molecule is COCCOCC(O)CSCc1ccc(Cl)cc1. The minimum atomic E-state index is -0.431. The Morgan fingerprint density at radius 1 is 1.28 bits per heavy atom. The van der Waals surface area contributed by atoms with Crippen molar-refractivity contribution in [2.24, 2.45) is 0 Å². The van der Waals surface area contributed by atoms with Crippen molar-refractivity contribution >= 4 is 23.4 Å². The molecule has 0 amide bonds. The van der Waals surface area contributed by atoms with Gasteiger partial charge in [-0.05, 0) is 17.7 Å². The van der Waals surface area contributed by atoms with E-state index in [0.29, 0.717) is 25.6 Å². The maximum Gasteiger partial charge on any atom is 0.0863 e. The van der Waals surface area contributed by atoms with E-state index in [2.05, 4.69) is 0 Å². The summed E-state index contributed by atoms with van der Waals surface area (Å²) >= 11 is 7.49. The Kier molecular flexibility index (Phi) is 8.46. The molecule has 0 fully saturated rings. The first-order valence-electron chi connectivity index (χ1n) is 5.79. The molecule has 0 aromatic heterocycles. The second-order valence-electron chi connectivity index (χ2n) is 3.86. The van der Waals surface area contributed by atoms with Crippen LogP contribution in [-0.4, -0.2) is 43.9 Å². The minimum absolute atomic E-state index is 0.358. The first kappa shape index (κ1) is 15.8. The van der Waals surface area contributed by atoms with Crippen LogP contribution in [0.25, 0.3) is 0 Å². The van der Waals surface area contributed by atoms with E-state index in [0.717, 1.165) is 10.8 Å². The molecule has 0 aliphatic carbocycles. The minimum Gasteiger partial charge on any atom is -0.390 e. The lowest BCUT2D eigenvalue weighted by atomic mass is 10.2. The fourth-order valence-electron chi connectivity index (χ4n) is 1.30. The van der Waals surface area contributed by atoms with E-state index >= 15 is 0 Å². The highest BCUT2D eigenvalue weighted by molar-refractivity contribution is 7.98. The maximum atomic E-state index is 9.66. The molecule has 1 unspecified atom stereocenters. The molecule has 1 N–H and O–H groups in total. The maximum absolute atomic E-state index is 9.66. The number of halogens is 1. The highest BCUT2D eigenvalue weighted by Gasteiger charge is 2.04. The van der Waals surface area contributed by atoms with Gasteiger partial charge in [0.15, 0.2) is 0 Å². The summed E-state index contributed by atoms with van der Waals surface area (Å²) in [6.45, 7) is 1.44. The molecule has 0 heterocycles. The molecule has 1 aromatic rings. The lowest BCUT2D eigenvalue weighted by Gasteiger charge is -2.10. The van der Waals surface area contributed by atoms with E-state index < -0.39 is 6.10 Å². The zero-order chi connectivity index (χ0) is 13.2. The standard InChI is InChI=1S/C13H19ClO3S/c1-16-6-7-17-8-13(15)10-18-9-11-2-4-12(14)5-3-11/h2-5,13,15H,6-10H2,1H3. The quantitative estimate of drug-likeness (QED) is 0.710. The van der Waals surface area contributed by atoms with Gasteiger partial charge < -0.3 is 14.6 Å². The van der Waals surface area contributed by atoms with Gasteiger partial charge in [-0.2, -0.15) is 11.8 Å². The van der Waals surface area contributed by atoms with Crippen LogP contribution in [0, 0.1) is 0 Å².